The minimum atomic E-state index is -2.02. The van der Waals surface area contributed by atoms with Crippen LogP contribution in [0, 0.1) is 5.92 Å². The van der Waals surface area contributed by atoms with Crippen molar-refractivity contribution >= 4 is 33.8 Å². The molecule has 2 saturated carbocycles. The maximum absolute atomic E-state index is 6.92. The van der Waals surface area contributed by atoms with Crippen molar-refractivity contribution in [3.63, 3.8) is 0 Å². The van der Waals surface area contributed by atoms with Crippen LogP contribution in [0.2, 0.25) is 41.3 Å². The van der Waals surface area contributed by atoms with E-state index in [0.29, 0.717) is 23.0 Å². The summed E-state index contributed by atoms with van der Waals surface area (Å²) in [5.41, 5.74) is 4.34. The molecule has 0 N–H and O–H groups in total. The highest BCUT2D eigenvalue weighted by Crippen LogP contribution is 2.45. The van der Waals surface area contributed by atoms with Crippen molar-refractivity contribution in [2.45, 2.75) is 128 Å². The Labute approximate surface area is 262 Å². The summed E-state index contributed by atoms with van der Waals surface area (Å²) in [5.74, 6) is 2.55. The summed E-state index contributed by atoms with van der Waals surface area (Å²) < 4.78 is 19.2. The highest BCUT2D eigenvalue weighted by Gasteiger charge is 2.40. The molecule has 0 saturated heterocycles. The first-order valence-corrected chi connectivity index (χ1v) is 22.0. The first-order valence-electron chi connectivity index (χ1n) is 15.9. The molecular weight excluding hydrogens is 574 g/mol. The quantitative estimate of drug-likeness (QED) is 0.259. The highest BCUT2D eigenvalue weighted by molar-refractivity contribution is 6.75. The fraction of sp³-hybridized carbons (Fsp3) is 0.629. The van der Waals surface area contributed by atoms with Crippen LogP contribution >= 0.6 is 11.6 Å². The van der Waals surface area contributed by atoms with Gasteiger partial charge in [-0.2, -0.15) is 0 Å². The number of hydrogen-bond acceptors (Lipinski definition) is 4. The Morgan fingerprint density at radius 1 is 0.857 bits per heavy atom. The molecule has 0 amide bonds. The third-order valence-corrected chi connectivity index (χ3v) is 19.4. The minimum Gasteiger partial charge on any atom is -0.543 e. The SMILES string of the molecule is COc1nc(C(=CC2CCC(O[Si](C)(C)C(C)(C)C)CC2)c2ccc(O[Si](C)(C)C(C)(C)C)c(Cl)c2)ccc1C1CC1. The number of rotatable bonds is 9. The van der Waals surface area contributed by atoms with E-state index in [1.807, 2.05) is 6.07 Å². The molecule has 0 radical (unpaired) electrons. The Morgan fingerprint density at radius 2 is 1.48 bits per heavy atom. The maximum Gasteiger partial charge on any atom is 0.250 e. The van der Waals surface area contributed by atoms with Gasteiger partial charge >= 0.3 is 0 Å². The molecule has 4 rings (SSSR count). The minimum absolute atomic E-state index is 0.0942. The third kappa shape index (κ3) is 7.72. The van der Waals surface area contributed by atoms with Crippen molar-refractivity contribution in [3.05, 3.63) is 58.3 Å². The van der Waals surface area contributed by atoms with Crippen molar-refractivity contribution in [2.75, 3.05) is 7.11 Å². The van der Waals surface area contributed by atoms with Crippen molar-refractivity contribution in [2.24, 2.45) is 5.92 Å². The summed E-state index contributed by atoms with van der Waals surface area (Å²) in [4.78, 5) is 5.05. The van der Waals surface area contributed by atoms with Crippen molar-refractivity contribution in [1.29, 1.82) is 0 Å². The number of allylic oxidation sites excluding steroid dienone is 1. The van der Waals surface area contributed by atoms with Crippen LogP contribution in [-0.4, -0.2) is 34.8 Å². The van der Waals surface area contributed by atoms with E-state index in [-0.39, 0.29) is 10.1 Å². The predicted octanol–water partition coefficient (Wildman–Crippen LogP) is 11.0. The number of pyridine rings is 1. The second-order valence-electron chi connectivity index (χ2n) is 15.6. The summed E-state index contributed by atoms with van der Waals surface area (Å²) in [7, 11) is -2.06. The molecule has 2 aromatic rings. The second-order valence-corrected chi connectivity index (χ2v) is 25.5. The average molecular weight is 628 g/mol. The van der Waals surface area contributed by atoms with Crippen LogP contribution in [0.25, 0.3) is 5.57 Å². The molecule has 2 aliphatic rings. The molecule has 2 fully saturated rings. The highest BCUT2D eigenvalue weighted by atomic mass is 35.5. The standard InChI is InChI=1S/C35H54ClNO3Si2/c1-34(2,3)41(8,9)39-27-17-12-24(13-18-27)22-29(31-20-19-28(25-14-15-25)33(37-31)38-7)26-16-21-32(30(36)23-26)40-42(10,11)35(4,5)6/h16,19-25,27H,12-15,17-18H2,1-11H3. The van der Waals surface area contributed by atoms with Crippen LogP contribution in [0.15, 0.2) is 36.4 Å². The van der Waals surface area contributed by atoms with Crippen LogP contribution < -0.4 is 9.16 Å². The zero-order chi connectivity index (χ0) is 31.1. The number of benzene rings is 1. The molecule has 0 unspecified atom stereocenters. The molecule has 1 aromatic heterocycles. The Hall–Kier alpha value is -1.61. The fourth-order valence-electron chi connectivity index (χ4n) is 5.18. The van der Waals surface area contributed by atoms with Gasteiger partial charge in [0, 0.05) is 17.2 Å². The van der Waals surface area contributed by atoms with E-state index in [2.05, 4.69) is 98.1 Å². The topological polar surface area (TPSA) is 40.6 Å². The summed E-state index contributed by atoms with van der Waals surface area (Å²) in [6.45, 7) is 23.0. The van der Waals surface area contributed by atoms with E-state index >= 15 is 0 Å². The number of ether oxygens (including phenoxy) is 1. The molecular formula is C35H54ClNO3Si2. The maximum atomic E-state index is 6.92. The van der Waals surface area contributed by atoms with Gasteiger partial charge in [-0.15, -0.1) is 0 Å². The number of aromatic nitrogens is 1. The Kier molecular flexibility index (Phi) is 9.84. The van der Waals surface area contributed by atoms with E-state index in [4.69, 9.17) is 30.2 Å². The van der Waals surface area contributed by atoms with Gasteiger partial charge in [0.2, 0.25) is 5.88 Å². The Morgan fingerprint density at radius 3 is 2.00 bits per heavy atom. The first-order chi connectivity index (χ1) is 19.4. The molecule has 42 heavy (non-hydrogen) atoms. The first kappa shape index (κ1) is 33.3. The van der Waals surface area contributed by atoms with Gasteiger partial charge in [-0.05, 0) is 110 Å². The molecule has 1 heterocycles. The smallest absolute Gasteiger partial charge is 0.250 e. The molecule has 2 aliphatic carbocycles. The molecule has 232 valence electrons. The van der Waals surface area contributed by atoms with Crippen LogP contribution in [-0.2, 0) is 4.43 Å². The van der Waals surface area contributed by atoms with Gasteiger partial charge in [0.1, 0.15) is 5.75 Å². The van der Waals surface area contributed by atoms with Crippen molar-refractivity contribution in [1.82, 2.24) is 4.98 Å². The Bertz CT molecular complexity index is 1280. The third-order valence-electron chi connectivity index (χ3n) is 10.2. The fourth-order valence-corrected chi connectivity index (χ4v) is 7.92. The summed E-state index contributed by atoms with van der Waals surface area (Å²) >= 11 is 6.92. The molecule has 0 bridgehead atoms. The zero-order valence-electron chi connectivity index (χ0n) is 28.0. The van der Waals surface area contributed by atoms with Gasteiger partial charge in [-0.25, -0.2) is 4.98 Å². The second kappa shape index (κ2) is 12.4. The van der Waals surface area contributed by atoms with Crippen molar-refractivity contribution in [3.8, 4) is 11.6 Å². The van der Waals surface area contributed by atoms with E-state index in [9.17, 15) is 0 Å². The average Bonchev–Trinajstić information content (AvgIpc) is 3.73. The van der Waals surface area contributed by atoms with Gasteiger partial charge < -0.3 is 13.6 Å². The van der Waals surface area contributed by atoms with Gasteiger partial charge in [0.15, 0.2) is 8.32 Å². The Balaban J connectivity index is 1.64. The lowest BCUT2D eigenvalue weighted by Crippen LogP contribution is -2.44. The molecule has 0 spiro atoms. The zero-order valence-corrected chi connectivity index (χ0v) is 30.7. The molecule has 0 atom stereocenters. The van der Waals surface area contributed by atoms with E-state index in [0.717, 1.165) is 54.1 Å². The van der Waals surface area contributed by atoms with Crippen molar-refractivity contribution < 1.29 is 13.6 Å². The van der Waals surface area contributed by atoms with E-state index in [1.165, 1.54) is 18.4 Å². The van der Waals surface area contributed by atoms with E-state index < -0.39 is 16.6 Å². The number of nitrogens with zero attached hydrogens (tertiary/aromatic N) is 1. The molecule has 1 aromatic carbocycles. The van der Waals surface area contributed by atoms with Gasteiger partial charge in [0.05, 0.1) is 17.8 Å². The molecule has 4 nitrogen and oxygen atoms in total. The summed E-state index contributed by atoms with van der Waals surface area (Å²) in [6.07, 6.45) is 9.63. The lowest BCUT2D eigenvalue weighted by molar-refractivity contribution is 0.125. The molecule has 0 aliphatic heterocycles. The monoisotopic (exact) mass is 627 g/mol. The predicted molar refractivity (Wildman–Crippen MR) is 183 cm³/mol. The van der Waals surface area contributed by atoms with Gasteiger partial charge in [-0.3, -0.25) is 0 Å². The largest absolute Gasteiger partial charge is 0.543 e. The number of halogens is 1. The summed E-state index contributed by atoms with van der Waals surface area (Å²) in [6, 6.07) is 10.6. The van der Waals surface area contributed by atoms with Crippen LogP contribution in [0.4, 0.5) is 0 Å². The van der Waals surface area contributed by atoms with Crippen LogP contribution in [0.3, 0.4) is 0 Å². The lowest BCUT2D eigenvalue weighted by atomic mass is 9.84. The number of methoxy groups -OCH3 is 1. The van der Waals surface area contributed by atoms with Crippen LogP contribution in [0.5, 0.6) is 11.6 Å². The number of hydrogen-bond donors (Lipinski definition) is 0. The van der Waals surface area contributed by atoms with Crippen LogP contribution in [0.1, 0.15) is 103 Å². The molecule has 7 heteroatoms. The summed E-state index contributed by atoms with van der Waals surface area (Å²) in [5, 5.41) is 0.974. The van der Waals surface area contributed by atoms with Gasteiger partial charge in [-0.1, -0.05) is 71.4 Å². The van der Waals surface area contributed by atoms with Gasteiger partial charge in [0.25, 0.3) is 8.32 Å². The lowest BCUT2D eigenvalue weighted by Gasteiger charge is -2.41. The van der Waals surface area contributed by atoms with E-state index in [1.54, 1.807) is 7.11 Å². The normalized spacial score (nSPS) is 20.9.